The van der Waals surface area contributed by atoms with Gasteiger partial charge in [0.25, 0.3) is 5.91 Å². The second-order valence-corrected chi connectivity index (χ2v) is 9.82. The van der Waals surface area contributed by atoms with E-state index in [1.165, 1.54) is 90.1 Å². The number of carbonyl (C=O) groups excluding carboxylic acids is 1. The van der Waals surface area contributed by atoms with Crippen molar-refractivity contribution in [1.29, 1.82) is 0 Å². The first-order chi connectivity index (χ1) is 17.0. The van der Waals surface area contributed by atoms with E-state index in [0.717, 1.165) is 24.1 Å². The van der Waals surface area contributed by atoms with Gasteiger partial charge in [-0.2, -0.15) is 0 Å². The smallest absolute Gasteiger partial charge is 0.251 e. The van der Waals surface area contributed by atoms with Gasteiger partial charge in [0, 0.05) is 17.1 Å². The number of benzene rings is 1. The van der Waals surface area contributed by atoms with E-state index in [1.54, 1.807) is 0 Å². The highest BCUT2D eigenvalue weighted by molar-refractivity contribution is 6.32. The molecular weight excluding hydrogens is 452 g/mol. The van der Waals surface area contributed by atoms with Crippen LogP contribution in [0.2, 0.25) is 5.02 Å². The summed E-state index contributed by atoms with van der Waals surface area (Å²) < 4.78 is 0. The first-order valence-corrected chi connectivity index (χ1v) is 14.8. The molecule has 0 radical (unpaired) electrons. The average molecular weight is 507 g/mol. The van der Waals surface area contributed by atoms with Crippen LogP contribution < -0.4 is 5.32 Å². The second kappa shape index (κ2) is 23.1. The lowest BCUT2D eigenvalue weighted by Crippen LogP contribution is -2.25. The lowest BCUT2D eigenvalue weighted by molar-refractivity contribution is -0.115. The summed E-state index contributed by atoms with van der Waals surface area (Å²) in [7, 11) is 2.27. The van der Waals surface area contributed by atoms with Crippen molar-refractivity contribution in [3.05, 3.63) is 40.4 Å². The molecule has 0 aromatic heterocycles. The minimum atomic E-state index is -0.00753. The average Bonchev–Trinajstić information content (AvgIpc) is 2.86. The Morgan fingerprint density at radius 3 is 1.94 bits per heavy atom. The number of carbonyl (C=O) groups is 1. The lowest BCUT2D eigenvalue weighted by atomic mass is 9.99. The third-order valence-corrected chi connectivity index (χ3v) is 6.90. The molecule has 1 rings (SSSR count). The molecule has 1 N–H and O–H groups in total. The Balaban J connectivity index is 0.00000562. The molecule has 3 nitrogen and oxygen atoms in total. The Kier molecular flexibility index (Phi) is 22.2. The molecule has 4 heteroatoms. The molecule has 0 aliphatic carbocycles. The predicted octanol–water partition coefficient (Wildman–Crippen LogP) is 9.22. The first kappa shape index (κ1) is 33.7. The van der Waals surface area contributed by atoms with Crippen molar-refractivity contribution in [3.63, 3.8) is 0 Å². The first-order valence-electron chi connectivity index (χ1n) is 14.4. The molecule has 0 bridgehead atoms. The van der Waals surface area contributed by atoms with Crippen LogP contribution in [0.1, 0.15) is 122 Å². The number of nitrogens with one attached hydrogen (secondary N) is 1. The molecule has 35 heavy (non-hydrogen) atoms. The van der Waals surface area contributed by atoms with Crippen LogP contribution >= 0.6 is 11.6 Å². The summed E-state index contributed by atoms with van der Waals surface area (Å²) in [6.07, 6.45) is 18.9. The Hall–Kier alpha value is -1.32. The van der Waals surface area contributed by atoms with Crippen molar-refractivity contribution < 1.29 is 4.79 Å². The van der Waals surface area contributed by atoms with Gasteiger partial charge in [-0.1, -0.05) is 115 Å². The molecule has 1 aromatic rings. The summed E-state index contributed by atoms with van der Waals surface area (Å²) in [5, 5.41) is 3.78. The van der Waals surface area contributed by atoms with Gasteiger partial charge in [0.15, 0.2) is 0 Å². The van der Waals surface area contributed by atoms with Gasteiger partial charge in [0.2, 0.25) is 0 Å². The summed E-state index contributed by atoms with van der Waals surface area (Å²) in [6, 6.07) is 5.72. The van der Waals surface area contributed by atoms with Crippen LogP contribution in [-0.4, -0.2) is 37.5 Å². The molecule has 0 fully saturated rings. The summed E-state index contributed by atoms with van der Waals surface area (Å²) >= 11 is 6.22. The molecular formula is C31H55ClN2O. The van der Waals surface area contributed by atoms with E-state index in [0.29, 0.717) is 10.6 Å². The van der Waals surface area contributed by atoms with Crippen molar-refractivity contribution >= 4 is 23.1 Å². The normalized spacial score (nSPS) is 11.4. The summed E-state index contributed by atoms with van der Waals surface area (Å²) in [6.45, 7) is 13.3. The van der Waals surface area contributed by atoms with E-state index in [-0.39, 0.29) is 5.91 Å². The van der Waals surface area contributed by atoms with Gasteiger partial charge in [0.1, 0.15) is 0 Å². The van der Waals surface area contributed by atoms with Crippen LogP contribution in [0.4, 0.5) is 0 Å². The van der Waals surface area contributed by atoms with Crippen LogP contribution in [-0.2, 0) is 4.79 Å². The Morgan fingerprint density at radius 2 is 1.40 bits per heavy atom. The van der Waals surface area contributed by atoms with Crippen molar-refractivity contribution in [2.75, 3.05) is 26.7 Å². The topological polar surface area (TPSA) is 32.3 Å². The Morgan fingerprint density at radius 1 is 0.886 bits per heavy atom. The van der Waals surface area contributed by atoms with Gasteiger partial charge in [-0.05, 0) is 70.4 Å². The second-order valence-electron chi connectivity index (χ2n) is 9.42. The summed E-state index contributed by atoms with van der Waals surface area (Å²) in [4.78, 5) is 15.1. The van der Waals surface area contributed by atoms with Crippen molar-refractivity contribution in [2.24, 2.45) is 0 Å². The fourth-order valence-corrected chi connectivity index (χ4v) is 4.44. The van der Waals surface area contributed by atoms with Crippen LogP contribution in [0, 0.1) is 6.92 Å². The monoisotopic (exact) mass is 506 g/mol. The van der Waals surface area contributed by atoms with E-state index < -0.39 is 0 Å². The van der Waals surface area contributed by atoms with E-state index in [4.69, 9.17) is 11.6 Å². The number of amides is 1. The molecule has 0 heterocycles. The Bertz CT molecular complexity index is 687. The number of unbranched alkanes of at least 4 members (excludes halogenated alkanes) is 11. The van der Waals surface area contributed by atoms with Crippen LogP contribution in [0.3, 0.4) is 0 Å². The highest BCUT2D eigenvalue weighted by Gasteiger charge is 2.14. The standard InChI is InChI=1S/C29H49ClN2O.C2H6/c1-5-7-8-9-11-14-17-23-32(4)24-18-15-12-10-13-16-22-31-29(33)26(6-2)27-20-19-21-28(30)25(27)3;1-2/h6,19-21H,5,7-18,22-24H2,1-4H3,(H,31,33);1-2H3/b26-6+;. The molecule has 0 unspecified atom stereocenters. The number of allylic oxidation sites excluding steroid dienone is 1. The molecule has 0 aliphatic rings. The molecule has 0 saturated carbocycles. The van der Waals surface area contributed by atoms with Crippen LogP contribution in [0.15, 0.2) is 24.3 Å². The highest BCUT2D eigenvalue weighted by Crippen LogP contribution is 2.25. The van der Waals surface area contributed by atoms with Gasteiger partial charge in [-0.25, -0.2) is 0 Å². The minimum Gasteiger partial charge on any atom is -0.352 e. The molecule has 0 spiro atoms. The highest BCUT2D eigenvalue weighted by atomic mass is 35.5. The quantitative estimate of drug-likeness (QED) is 0.150. The van der Waals surface area contributed by atoms with Crippen LogP contribution in [0.25, 0.3) is 5.57 Å². The number of hydrogen-bond donors (Lipinski definition) is 1. The summed E-state index contributed by atoms with van der Waals surface area (Å²) in [5.41, 5.74) is 2.57. The van der Waals surface area contributed by atoms with E-state index in [9.17, 15) is 4.79 Å². The zero-order valence-electron chi connectivity index (χ0n) is 23.9. The van der Waals surface area contributed by atoms with Crippen molar-refractivity contribution in [2.45, 2.75) is 118 Å². The lowest BCUT2D eigenvalue weighted by Gasteiger charge is -2.16. The van der Waals surface area contributed by atoms with E-state index in [2.05, 4.69) is 24.2 Å². The fourth-order valence-electron chi connectivity index (χ4n) is 4.27. The van der Waals surface area contributed by atoms with Gasteiger partial charge < -0.3 is 10.2 Å². The maximum absolute atomic E-state index is 12.6. The zero-order valence-corrected chi connectivity index (χ0v) is 24.6. The van der Waals surface area contributed by atoms with E-state index in [1.807, 2.05) is 52.0 Å². The molecule has 1 amide bonds. The number of nitrogens with zero attached hydrogens (tertiary/aromatic N) is 1. The van der Waals surface area contributed by atoms with Gasteiger partial charge in [0.05, 0.1) is 0 Å². The largest absolute Gasteiger partial charge is 0.352 e. The van der Waals surface area contributed by atoms with Gasteiger partial charge in [-0.15, -0.1) is 0 Å². The Labute approximate surface area is 223 Å². The third-order valence-electron chi connectivity index (χ3n) is 6.49. The maximum Gasteiger partial charge on any atom is 0.251 e. The number of hydrogen-bond acceptors (Lipinski definition) is 2. The molecule has 0 saturated heterocycles. The summed E-state index contributed by atoms with van der Waals surface area (Å²) in [5.74, 6) is -0.00753. The number of rotatable bonds is 19. The molecule has 0 aliphatic heterocycles. The van der Waals surface area contributed by atoms with Gasteiger partial charge in [-0.3, -0.25) is 4.79 Å². The maximum atomic E-state index is 12.6. The fraction of sp³-hybridized carbons (Fsp3) is 0.710. The van der Waals surface area contributed by atoms with Crippen molar-refractivity contribution in [3.8, 4) is 0 Å². The number of halogens is 1. The van der Waals surface area contributed by atoms with Crippen molar-refractivity contribution in [1.82, 2.24) is 10.2 Å². The SMILES string of the molecule is C/C=C(/C(=O)NCCCCCCCCN(C)CCCCCCCCC)c1cccc(Cl)c1C.CC. The minimum absolute atomic E-state index is 0.00753. The molecule has 1 aromatic carbocycles. The molecule has 0 atom stereocenters. The molecule has 202 valence electrons. The third kappa shape index (κ3) is 16.1. The zero-order chi connectivity index (χ0) is 26.3. The van der Waals surface area contributed by atoms with E-state index >= 15 is 0 Å². The van der Waals surface area contributed by atoms with Crippen LogP contribution in [0.5, 0.6) is 0 Å². The predicted molar refractivity (Wildman–Crippen MR) is 157 cm³/mol. The van der Waals surface area contributed by atoms with Gasteiger partial charge >= 0.3 is 0 Å².